The van der Waals surface area contributed by atoms with Gasteiger partial charge in [-0.3, -0.25) is 0 Å². The maximum Gasteiger partial charge on any atom is 0.238 e. The van der Waals surface area contributed by atoms with Crippen LogP contribution >= 0.6 is 0 Å². The van der Waals surface area contributed by atoms with E-state index in [-0.39, 0.29) is 0 Å². The molecule has 1 aromatic rings. The highest BCUT2D eigenvalue weighted by Gasteiger charge is 2.19. The molecule has 0 heterocycles. The lowest BCUT2D eigenvalue weighted by atomic mass is 9.96. The Balaban J connectivity index is 3.59. The Morgan fingerprint density at radius 2 is 1.53 bits per heavy atom. The standard InChI is InChI=1S/C13H21NO2S/c1-5-10-7-12(9(3)4)8-11(6-2)13(10)17(14,15)16/h7-9H,5-6H2,1-4H3,(H2,14,15,16). The van der Waals surface area contributed by atoms with Crippen molar-refractivity contribution in [3.05, 3.63) is 28.8 Å². The van der Waals surface area contributed by atoms with E-state index >= 15 is 0 Å². The average Bonchev–Trinajstić information content (AvgIpc) is 2.25. The van der Waals surface area contributed by atoms with Crippen LogP contribution in [0, 0.1) is 0 Å². The smallest absolute Gasteiger partial charge is 0.225 e. The predicted molar refractivity (Wildman–Crippen MR) is 70.7 cm³/mol. The fourth-order valence-electron chi connectivity index (χ4n) is 2.01. The van der Waals surface area contributed by atoms with Gasteiger partial charge in [-0.05, 0) is 35.4 Å². The third-order valence-electron chi connectivity index (χ3n) is 2.98. The minimum atomic E-state index is -3.63. The van der Waals surface area contributed by atoms with E-state index in [1.54, 1.807) is 0 Å². The summed E-state index contributed by atoms with van der Waals surface area (Å²) < 4.78 is 23.3. The van der Waals surface area contributed by atoms with Gasteiger partial charge >= 0.3 is 0 Å². The molecule has 0 aliphatic rings. The van der Waals surface area contributed by atoms with Crippen molar-refractivity contribution in [2.45, 2.75) is 51.3 Å². The first-order chi connectivity index (χ1) is 7.81. The molecule has 0 saturated carbocycles. The lowest BCUT2D eigenvalue weighted by molar-refractivity contribution is 0.595. The van der Waals surface area contributed by atoms with Crippen molar-refractivity contribution >= 4 is 10.0 Å². The number of nitrogens with two attached hydrogens (primary N) is 1. The van der Waals surface area contributed by atoms with Crippen molar-refractivity contribution in [1.82, 2.24) is 0 Å². The molecule has 0 bridgehead atoms. The van der Waals surface area contributed by atoms with E-state index in [1.165, 1.54) is 5.56 Å². The molecule has 1 aromatic carbocycles. The summed E-state index contributed by atoms with van der Waals surface area (Å²) in [6.07, 6.45) is 1.36. The van der Waals surface area contributed by atoms with Crippen LogP contribution in [0.4, 0.5) is 0 Å². The Kier molecular flexibility index (Phi) is 4.33. The molecule has 4 heteroatoms. The van der Waals surface area contributed by atoms with Crippen LogP contribution in [-0.2, 0) is 22.9 Å². The molecule has 2 N–H and O–H groups in total. The van der Waals surface area contributed by atoms with E-state index in [0.29, 0.717) is 23.7 Å². The van der Waals surface area contributed by atoms with Crippen molar-refractivity contribution in [2.24, 2.45) is 5.14 Å². The first kappa shape index (κ1) is 14.2. The fourth-order valence-corrected chi connectivity index (χ4v) is 3.14. The monoisotopic (exact) mass is 255 g/mol. The molecule has 0 aromatic heterocycles. The Hall–Kier alpha value is -0.870. The van der Waals surface area contributed by atoms with Gasteiger partial charge in [0.05, 0.1) is 4.90 Å². The third kappa shape index (κ3) is 3.07. The van der Waals surface area contributed by atoms with Crippen LogP contribution in [0.3, 0.4) is 0 Å². The molecule has 3 nitrogen and oxygen atoms in total. The van der Waals surface area contributed by atoms with Gasteiger partial charge in [0.25, 0.3) is 0 Å². The second-order valence-electron chi connectivity index (χ2n) is 4.58. The van der Waals surface area contributed by atoms with Gasteiger partial charge in [-0.2, -0.15) is 0 Å². The topological polar surface area (TPSA) is 60.2 Å². The minimum Gasteiger partial charge on any atom is -0.225 e. The van der Waals surface area contributed by atoms with Gasteiger partial charge in [-0.1, -0.05) is 39.8 Å². The maximum absolute atomic E-state index is 11.7. The van der Waals surface area contributed by atoms with Crippen LogP contribution < -0.4 is 5.14 Å². The third-order valence-corrected chi connectivity index (χ3v) is 4.07. The lowest BCUT2D eigenvalue weighted by Crippen LogP contribution is -2.17. The fraction of sp³-hybridized carbons (Fsp3) is 0.538. The van der Waals surface area contributed by atoms with Crippen molar-refractivity contribution in [3.63, 3.8) is 0 Å². The molecular formula is C13H21NO2S. The normalized spacial score (nSPS) is 12.1. The van der Waals surface area contributed by atoms with Crippen molar-refractivity contribution in [1.29, 1.82) is 0 Å². The quantitative estimate of drug-likeness (QED) is 0.899. The Labute approximate surface area is 104 Å². The average molecular weight is 255 g/mol. The first-order valence-electron chi connectivity index (χ1n) is 5.99. The van der Waals surface area contributed by atoms with E-state index in [4.69, 9.17) is 5.14 Å². The largest absolute Gasteiger partial charge is 0.238 e. The Morgan fingerprint density at radius 1 is 1.12 bits per heavy atom. The van der Waals surface area contributed by atoms with Crippen LogP contribution in [0.15, 0.2) is 17.0 Å². The number of hydrogen-bond acceptors (Lipinski definition) is 2. The van der Waals surface area contributed by atoms with E-state index in [1.807, 2.05) is 26.0 Å². The summed E-state index contributed by atoms with van der Waals surface area (Å²) in [6.45, 7) is 8.11. The highest BCUT2D eigenvalue weighted by atomic mass is 32.2. The molecule has 0 saturated heterocycles. The Morgan fingerprint density at radius 3 is 1.76 bits per heavy atom. The molecule has 0 aliphatic heterocycles. The minimum absolute atomic E-state index is 0.326. The van der Waals surface area contributed by atoms with Crippen LogP contribution in [-0.4, -0.2) is 8.42 Å². The Bertz CT molecular complexity index is 479. The number of rotatable bonds is 4. The number of sulfonamides is 1. The SMILES string of the molecule is CCc1cc(C(C)C)cc(CC)c1S(N)(=O)=O. The number of hydrogen-bond donors (Lipinski definition) is 1. The molecule has 0 amide bonds. The van der Waals surface area contributed by atoms with Gasteiger partial charge in [-0.25, -0.2) is 13.6 Å². The zero-order valence-electron chi connectivity index (χ0n) is 10.9. The van der Waals surface area contributed by atoms with E-state index in [9.17, 15) is 8.42 Å². The van der Waals surface area contributed by atoms with E-state index < -0.39 is 10.0 Å². The summed E-state index contributed by atoms with van der Waals surface area (Å²) in [5.41, 5.74) is 2.83. The van der Waals surface area contributed by atoms with Gasteiger partial charge in [0.15, 0.2) is 0 Å². The molecular weight excluding hydrogens is 234 g/mol. The van der Waals surface area contributed by atoms with E-state index in [2.05, 4.69) is 13.8 Å². The maximum atomic E-state index is 11.7. The summed E-state index contributed by atoms with van der Waals surface area (Å²) in [6, 6.07) is 3.92. The van der Waals surface area contributed by atoms with Crippen LogP contribution in [0.5, 0.6) is 0 Å². The number of benzene rings is 1. The van der Waals surface area contributed by atoms with Gasteiger partial charge in [-0.15, -0.1) is 0 Å². The summed E-state index contributed by atoms with van der Waals surface area (Å²) in [4.78, 5) is 0.326. The molecule has 1 rings (SSSR count). The van der Waals surface area contributed by atoms with E-state index in [0.717, 1.165) is 11.1 Å². The molecule has 0 radical (unpaired) electrons. The summed E-state index contributed by atoms with van der Waals surface area (Å²) >= 11 is 0. The van der Waals surface area contributed by atoms with Gasteiger partial charge in [0.1, 0.15) is 0 Å². The molecule has 17 heavy (non-hydrogen) atoms. The zero-order chi connectivity index (χ0) is 13.2. The predicted octanol–water partition coefficient (Wildman–Crippen LogP) is 2.58. The molecule has 0 unspecified atom stereocenters. The summed E-state index contributed by atoms with van der Waals surface area (Å²) in [7, 11) is -3.63. The zero-order valence-corrected chi connectivity index (χ0v) is 11.8. The molecule has 0 spiro atoms. The van der Waals surface area contributed by atoms with Crippen LogP contribution in [0.25, 0.3) is 0 Å². The molecule has 0 fully saturated rings. The van der Waals surface area contributed by atoms with Gasteiger partial charge in [0.2, 0.25) is 10.0 Å². The molecule has 96 valence electrons. The summed E-state index contributed by atoms with van der Waals surface area (Å²) in [5, 5.41) is 5.31. The number of aryl methyl sites for hydroxylation is 2. The van der Waals surface area contributed by atoms with Crippen LogP contribution in [0.1, 0.15) is 50.3 Å². The van der Waals surface area contributed by atoms with Crippen LogP contribution in [0.2, 0.25) is 0 Å². The second kappa shape index (κ2) is 5.19. The highest BCUT2D eigenvalue weighted by Crippen LogP contribution is 2.26. The second-order valence-corrected chi connectivity index (χ2v) is 6.07. The lowest BCUT2D eigenvalue weighted by Gasteiger charge is -2.15. The molecule has 0 atom stereocenters. The summed E-state index contributed by atoms with van der Waals surface area (Å²) in [5.74, 6) is 0.389. The van der Waals surface area contributed by atoms with Crippen molar-refractivity contribution < 1.29 is 8.42 Å². The van der Waals surface area contributed by atoms with Gasteiger partial charge in [0, 0.05) is 0 Å². The highest BCUT2D eigenvalue weighted by molar-refractivity contribution is 7.89. The van der Waals surface area contributed by atoms with Crippen molar-refractivity contribution in [3.8, 4) is 0 Å². The first-order valence-corrected chi connectivity index (χ1v) is 7.54. The van der Waals surface area contributed by atoms with Crippen molar-refractivity contribution in [2.75, 3.05) is 0 Å². The van der Waals surface area contributed by atoms with Gasteiger partial charge < -0.3 is 0 Å². The number of primary sulfonamides is 1. The molecule has 0 aliphatic carbocycles.